The average Bonchev–Trinajstić information content (AvgIpc) is 3.35. The maximum absolute atomic E-state index is 12.8. The van der Waals surface area contributed by atoms with Gasteiger partial charge in [0.2, 0.25) is 0 Å². The molecule has 0 aliphatic rings. The third kappa shape index (κ3) is 3.90. The summed E-state index contributed by atoms with van der Waals surface area (Å²) in [6, 6.07) is 16.7. The van der Waals surface area contributed by atoms with E-state index in [2.05, 4.69) is 29.6 Å². The molecule has 6 nitrogen and oxygen atoms in total. The van der Waals surface area contributed by atoms with Crippen molar-refractivity contribution in [2.45, 2.75) is 19.8 Å². The fourth-order valence-corrected chi connectivity index (χ4v) is 3.78. The third-order valence-corrected chi connectivity index (χ3v) is 5.48. The first-order chi connectivity index (χ1) is 14.0. The van der Waals surface area contributed by atoms with Gasteiger partial charge in [-0.05, 0) is 47.2 Å². The van der Waals surface area contributed by atoms with Gasteiger partial charge >= 0.3 is 0 Å². The number of anilines is 1. The Bertz CT molecular complexity index is 1170. The van der Waals surface area contributed by atoms with Gasteiger partial charge in [-0.1, -0.05) is 38.1 Å². The number of carbonyl (C=O) groups excluding carboxylic acids is 2. The van der Waals surface area contributed by atoms with Crippen LogP contribution in [0.3, 0.4) is 0 Å². The Morgan fingerprint density at radius 2 is 1.76 bits per heavy atom. The molecule has 2 aromatic carbocycles. The van der Waals surface area contributed by atoms with E-state index < -0.39 is 0 Å². The molecule has 0 radical (unpaired) electrons. The smallest absolute Gasteiger partial charge is 0.273 e. The van der Waals surface area contributed by atoms with E-state index in [4.69, 9.17) is 0 Å². The minimum atomic E-state index is -0.320. The number of nitrogens with zero attached hydrogens (tertiary/aromatic N) is 2. The molecular weight excluding hydrogens is 384 g/mol. The number of imidazole rings is 1. The summed E-state index contributed by atoms with van der Waals surface area (Å²) in [6.45, 7) is 4.21. The van der Waals surface area contributed by atoms with Gasteiger partial charge in [-0.2, -0.15) is 0 Å². The molecule has 0 spiro atoms. The monoisotopic (exact) mass is 404 g/mol. The zero-order chi connectivity index (χ0) is 20.4. The molecule has 0 unspecified atom stereocenters. The van der Waals surface area contributed by atoms with Crippen molar-refractivity contribution >= 4 is 39.2 Å². The van der Waals surface area contributed by atoms with Crippen LogP contribution in [0.15, 0.2) is 66.3 Å². The summed E-state index contributed by atoms with van der Waals surface area (Å²) in [6.07, 6.45) is 1.56. The summed E-state index contributed by atoms with van der Waals surface area (Å²) in [5, 5.41) is 5.13. The van der Waals surface area contributed by atoms with Crippen LogP contribution in [0.25, 0.3) is 11.0 Å². The summed E-state index contributed by atoms with van der Waals surface area (Å²) in [7, 11) is 0. The van der Waals surface area contributed by atoms with Crippen LogP contribution in [0, 0.1) is 0 Å². The summed E-state index contributed by atoms with van der Waals surface area (Å²) < 4.78 is 1.57. The number of thiophene rings is 1. The number of fused-ring (bicyclic) bond motifs is 1. The van der Waals surface area contributed by atoms with Gasteiger partial charge in [0.15, 0.2) is 0 Å². The fraction of sp³-hybridized carbons (Fsp3) is 0.136. The molecule has 0 atom stereocenters. The second-order valence-electron chi connectivity index (χ2n) is 6.94. The van der Waals surface area contributed by atoms with Gasteiger partial charge < -0.3 is 5.32 Å². The summed E-state index contributed by atoms with van der Waals surface area (Å²) >= 11 is 1.31. The molecular formula is C22H20N4O2S. The van der Waals surface area contributed by atoms with Crippen molar-refractivity contribution in [2.75, 3.05) is 10.7 Å². The van der Waals surface area contributed by atoms with Crippen LogP contribution in [0.5, 0.6) is 0 Å². The Labute approximate surface area is 172 Å². The average molecular weight is 404 g/mol. The van der Waals surface area contributed by atoms with Crippen LogP contribution >= 0.6 is 11.3 Å². The van der Waals surface area contributed by atoms with Crippen LogP contribution in [0.1, 0.15) is 46.0 Å². The maximum Gasteiger partial charge on any atom is 0.273 e. The largest absolute Gasteiger partial charge is 0.313 e. The number of carbonyl (C=O) groups is 2. The molecule has 0 aliphatic carbocycles. The van der Waals surface area contributed by atoms with E-state index >= 15 is 0 Å². The molecule has 0 saturated heterocycles. The van der Waals surface area contributed by atoms with Crippen molar-refractivity contribution in [1.29, 1.82) is 0 Å². The first-order valence-electron chi connectivity index (χ1n) is 9.25. The molecule has 2 N–H and O–H groups in total. The number of hydrogen-bond donors (Lipinski definition) is 2. The van der Waals surface area contributed by atoms with Crippen molar-refractivity contribution in [3.8, 4) is 0 Å². The first kappa shape index (κ1) is 18.9. The molecule has 2 aromatic heterocycles. The van der Waals surface area contributed by atoms with E-state index in [1.54, 1.807) is 34.6 Å². The second kappa shape index (κ2) is 7.89. The Balaban J connectivity index is 1.50. The van der Waals surface area contributed by atoms with Gasteiger partial charge in [-0.3, -0.25) is 15.0 Å². The van der Waals surface area contributed by atoms with Crippen molar-refractivity contribution < 1.29 is 9.59 Å². The molecule has 29 heavy (non-hydrogen) atoms. The Kier molecular flexibility index (Phi) is 5.14. The van der Waals surface area contributed by atoms with Crippen molar-refractivity contribution in [3.05, 3.63) is 83.0 Å². The number of hydrogen-bond acceptors (Lipinski definition) is 4. The molecule has 0 fully saturated rings. The summed E-state index contributed by atoms with van der Waals surface area (Å²) in [5.41, 5.74) is 6.52. The second-order valence-corrected chi connectivity index (χ2v) is 7.85. The number of nitrogens with one attached hydrogen (secondary N) is 2. The molecule has 0 bridgehead atoms. The van der Waals surface area contributed by atoms with E-state index in [0.717, 1.165) is 11.0 Å². The van der Waals surface area contributed by atoms with Crippen molar-refractivity contribution in [3.63, 3.8) is 0 Å². The highest BCUT2D eigenvalue weighted by molar-refractivity contribution is 7.14. The van der Waals surface area contributed by atoms with Gasteiger partial charge in [0.05, 0.1) is 16.6 Å². The zero-order valence-corrected chi connectivity index (χ0v) is 16.9. The SMILES string of the molecule is CC(C)c1ccc(C(=O)Nc2sccc2C(=O)Nn2cnc3ccccc32)cc1. The lowest BCUT2D eigenvalue weighted by atomic mass is 10.0. The van der Waals surface area contributed by atoms with Crippen molar-refractivity contribution in [2.24, 2.45) is 0 Å². The predicted octanol–water partition coefficient (Wildman–Crippen LogP) is 4.86. The van der Waals surface area contributed by atoms with Gasteiger partial charge in [0.1, 0.15) is 11.3 Å². The molecule has 2 amide bonds. The highest BCUT2D eigenvalue weighted by atomic mass is 32.1. The van der Waals surface area contributed by atoms with Gasteiger partial charge in [-0.15, -0.1) is 11.3 Å². The molecule has 7 heteroatoms. The molecule has 0 saturated carbocycles. The molecule has 2 heterocycles. The highest BCUT2D eigenvalue weighted by Gasteiger charge is 2.17. The molecule has 4 rings (SSSR count). The van der Waals surface area contributed by atoms with Gasteiger partial charge in [-0.25, -0.2) is 9.66 Å². The number of benzene rings is 2. The predicted molar refractivity (Wildman–Crippen MR) is 116 cm³/mol. The van der Waals surface area contributed by atoms with E-state index in [9.17, 15) is 9.59 Å². The van der Waals surface area contributed by atoms with Crippen LogP contribution < -0.4 is 10.7 Å². The van der Waals surface area contributed by atoms with Gasteiger partial charge in [0, 0.05) is 5.56 Å². The molecule has 4 aromatic rings. The van der Waals surface area contributed by atoms with Crippen LogP contribution in [-0.2, 0) is 0 Å². The van der Waals surface area contributed by atoms with E-state index in [0.29, 0.717) is 22.0 Å². The Hall–Kier alpha value is -3.45. The lowest BCUT2D eigenvalue weighted by Gasteiger charge is -2.10. The van der Waals surface area contributed by atoms with E-state index in [1.807, 2.05) is 36.4 Å². The van der Waals surface area contributed by atoms with Crippen LogP contribution in [0.4, 0.5) is 5.00 Å². The highest BCUT2D eigenvalue weighted by Crippen LogP contribution is 2.25. The van der Waals surface area contributed by atoms with Gasteiger partial charge in [0.25, 0.3) is 11.8 Å². The number of rotatable bonds is 5. The number of para-hydroxylation sites is 2. The fourth-order valence-electron chi connectivity index (χ4n) is 3.00. The first-order valence-corrected chi connectivity index (χ1v) is 10.1. The summed E-state index contributed by atoms with van der Waals surface area (Å²) in [5.74, 6) is -0.163. The lowest BCUT2D eigenvalue weighted by molar-refractivity contribution is 0.101. The zero-order valence-electron chi connectivity index (χ0n) is 16.0. The quantitative estimate of drug-likeness (QED) is 0.499. The molecule has 146 valence electrons. The summed E-state index contributed by atoms with van der Waals surface area (Å²) in [4.78, 5) is 29.6. The van der Waals surface area contributed by atoms with E-state index in [1.165, 1.54) is 16.9 Å². The molecule has 0 aliphatic heterocycles. The topological polar surface area (TPSA) is 76.0 Å². The van der Waals surface area contributed by atoms with E-state index in [-0.39, 0.29) is 11.8 Å². The van der Waals surface area contributed by atoms with Crippen molar-refractivity contribution in [1.82, 2.24) is 9.66 Å². The number of aromatic nitrogens is 2. The minimum Gasteiger partial charge on any atom is -0.313 e. The Morgan fingerprint density at radius 3 is 2.52 bits per heavy atom. The minimum absolute atomic E-state index is 0.245. The maximum atomic E-state index is 12.8. The standard InChI is InChI=1S/C22H20N4O2S/c1-14(2)15-7-9-16(10-8-15)20(27)24-22-17(11-12-29-22)21(28)25-26-13-23-18-5-3-4-6-19(18)26/h3-14H,1-2H3,(H,24,27)(H,25,28). The Morgan fingerprint density at radius 1 is 1.00 bits per heavy atom. The third-order valence-electron chi connectivity index (χ3n) is 4.65. The normalized spacial score (nSPS) is 11.0. The number of amides is 2. The lowest BCUT2D eigenvalue weighted by Crippen LogP contribution is -2.23. The van der Waals surface area contributed by atoms with Crippen LogP contribution in [0.2, 0.25) is 0 Å². The van der Waals surface area contributed by atoms with Crippen LogP contribution in [-0.4, -0.2) is 21.5 Å².